The molecule has 2 aromatic carbocycles. The van der Waals surface area contributed by atoms with Crippen LogP contribution in [0.2, 0.25) is 0 Å². The molecule has 0 bridgehead atoms. The Morgan fingerprint density at radius 2 is 1.28 bits per heavy atom. The second kappa shape index (κ2) is 20.2. The lowest BCUT2D eigenvalue weighted by molar-refractivity contribution is -0.320. The fourth-order valence-corrected chi connectivity index (χ4v) is 6.70. The van der Waals surface area contributed by atoms with Crippen LogP contribution in [0.3, 0.4) is 0 Å². The minimum Gasteiger partial charge on any atom is -0.445 e. The maximum absolute atomic E-state index is 13.1. The van der Waals surface area contributed by atoms with Crippen molar-refractivity contribution in [2.75, 3.05) is 13.2 Å². The average molecular weight is 832 g/mol. The zero-order valence-corrected chi connectivity index (χ0v) is 30.8. The summed E-state index contributed by atoms with van der Waals surface area (Å²) in [7, 11) is 0. The van der Waals surface area contributed by atoms with Gasteiger partial charge in [-0.25, -0.2) is 9.59 Å². The van der Waals surface area contributed by atoms with E-state index in [0.717, 1.165) is 5.56 Å². The predicted molar refractivity (Wildman–Crippen MR) is 190 cm³/mol. The van der Waals surface area contributed by atoms with Gasteiger partial charge in [-0.15, -0.1) is 0 Å². The van der Waals surface area contributed by atoms with Gasteiger partial charge in [0.05, 0.1) is 43.0 Å². The van der Waals surface area contributed by atoms with E-state index in [4.69, 9.17) is 39.9 Å². The van der Waals surface area contributed by atoms with Crippen molar-refractivity contribution in [3.05, 3.63) is 71.8 Å². The maximum Gasteiger partial charge on any atom is 0.471 e. The molecule has 0 radical (unpaired) electrons. The molecule has 12 N–H and O–H groups in total. The number of amides is 3. The summed E-state index contributed by atoms with van der Waals surface area (Å²) in [5, 5.41) is 60.5. The summed E-state index contributed by atoms with van der Waals surface area (Å²) in [6, 6.07) is 11.6. The molecule has 0 spiro atoms. The molecule has 22 heteroatoms. The van der Waals surface area contributed by atoms with Gasteiger partial charge in [0.1, 0.15) is 49.8 Å². The van der Waals surface area contributed by atoms with Gasteiger partial charge >= 0.3 is 24.3 Å². The van der Waals surface area contributed by atoms with Crippen LogP contribution < -0.4 is 27.4 Å². The third-order valence-electron chi connectivity index (χ3n) is 9.90. The zero-order valence-electron chi connectivity index (χ0n) is 30.8. The van der Waals surface area contributed by atoms with Crippen molar-refractivity contribution in [2.24, 2.45) is 11.5 Å². The highest BCUT2D eigenvalue weighted by Crippen LogP contribution is 2.32. The Morgan fingerprint density at radius 1 is 0.724 bits per heavy atom. The highest BCUT2D eigenvalue weighted by Gasteiger charge is 2.54. The molecule has 19 nitrogen and oxygen atoms in total. The van der Waals surface area contributed by atoms with Crippen LogP contribution in [0.4, 0.5) is 22.8 Å². The second-order valence-electron chi connectivity index (χ2n) is 14.0. The molecule has 7 unspecified atom stereocenters. The number of hydrogen-bond acceptors (Lipinski definition) is 16. The number of alkyl halides is 3. The van der Waals surface area contributed by atoms with E-state index in [1.807, 2.05) is 6.07 Å². The molecule has 2 heterocycles. The Morgan fingerprint density at radius 3 is 1.83 bits per heavy atom. The largest absolute Gasteiger partial charge is 0.471 e. The van der Waals surface area contributed by atoms with Crippen molar-refractivity contribution in [1.29, 1.82) is 0 Å². The Labute approximate surface area is 329 Å². The fourth-order valence-electron chi connectivity index (χ4n) is 6.70. The SMILES string of the molecule is N[C@@H]1C(O[C@H]2OC(CNC(=O)OCc3ccccc3)CCC2NC(=O)OCc2ccccc2)C(O)[C@@H](O[C@H]2OC(CO)[C@@H](O)[C@H](NC(=O)C(F)(F)F)C2O)[C@H](N)C1O. The van der Waals surface area contributed by atoms with Gasteiger partial charge in [0, 0.05) is 6.54 Å². The molecule has 1 aliphatic carbocycles. The summed E-state index contributed by atoms with van der Waals surface area (Å²) < 4.78 is 73.1. The van der Waals surface area contributed by atoms with Gasteiger partial charge in [-0.1, -0.05) is 60.7 Å². The van der Waals surface area contributed by atoms with Crippen molar-refractivity contribution in [2.45, 2.75) is 118 Å². The van der Waals surface area contributed by atoms with E-state index in [9.17, 15) is 53.1 Å². The van der Waals surface area contributed by atoms with Gasteiger partial charge in [0.25, 0.3) is 0 Å². The van der Waals surface area contributed by atoms with E-state index in [1.54, 1.807) is 54.6 Å². The number of ether oxygens (including phenoxy) is 6. The first-order valence-corrected chi connectivity index (χ1v) is 18.3. The number of carbonyl (C=O) groups is 3. The third-order valence-corrected chi connectivity index (χ3v) is 9.90. The highest BCUT2D eigenvalue weighted by atomic mass is 19.4. The van der Waals surface area contributed by atoms with Crippen molar-refractivity contribution < 1.29 is 81.5 Å². The van der Waals surface area contributed by atoms with Crippen LogP contribution in [0.25, 0.3) is 0 Å². The molecule has 2 aromatic rings. The standard InChI is InChI=1S/C36H48F3N5O14/c37-36(38,39)33(50)44-24-25(46)21(14-45)56-32(27(24)48)58-30-23(41)26(47)22(40)29(28(30)49)57-31-20(43-35(52)54-16-18-9-5-2-6-10-18)12-11-19(55-31)13-42-34(51)53-15-17-7-3-1-4-8-17/h1-10,19-32,45-49H,11-16,40-41H2,(H,42,51)(H,43,52)(H,44,50)/t19?,20?,21?,22-,23+,24-,25+,26?,27?,28?,29?,30-,31+,32+/m0/s1. The molecule has 322 valence electrons. The minimum absolute atomic E-state index is 0.000802. The van der Waals surface area contributed by atoms with Crippen LogP contribution in [0.1, 0.15) is 24.0 Å². The molecule has 14 atom stereocenters. The van der Waals surface area contributed by atoms with Gasteiger partial charge in [-0.05, 0) is 24.0 Å². The van der Waals surface area contributed by atoms with Crippen LogP contribution in [0, 0.1) is 0 Å². The van der Waals surface area contributed by atoms with Gasteiger partial charge < -0.3 is 81.4 Å². The van der Waals surface area contributed by atoms with Crippen LogP contribution in [0.5, 0.6) is 0 Å². The summed E-state index contributed by atoms with van der Waals surface area (Å²) in [5.41, 5.74) is 13.9. The van der Waals surface area contributed by atoms with Gasteiger partial charge in [0.15, 0.2) is 12.6 Å². The monoisotopic (exact) mass is 831 g/mol. The quantitative estimate of drug-likeness (QED) is 0.108. The Hall–Kier alpha value is -4.20. The zero-order chi connectivity index (χ0) is 42.1. The maximum atomic E-state index is 13.1. The lowest BCUT2D eigenvalue weighted by atomic mass is 9.82. The van der Waals surface area contributed by atoms with Crippen molar-refractivity contribution in [3.8, 4) is 0 Å². The third kappa shape index (κ3) is 11.5. The normalized spacial score (nSPS) is 34.0. The summed E-state index contributed by atoms with van der Waals surface area (Å²) in [5.74, 6) is -2.52. The number of alkyl carbamates (subject to hydrolysis) is 2. The number of carbonyl (C=O) groups excluding carboxylic acids is 3. The molecule has 0 aromatic heterocycles. The van der Waals surface area contributed by atoms with Crippen molar-refractivity contribution in [3.63, 3.8) is 0 Å². The summed E-state index contributed by atoms with van der Waals surface area (Å²) in [6.45, 7) is -1.17. The van der Waals surface area contributed by atoms with Crippen LogP contribution in [-0.4, -0.2) is 149 Å². The molecule has 5 rings (SSSR count). The summed E-state index contributed by atoms with van der Waals surface area (Å²) in [4.78, 5) is 37.1. The van der Waals surface area contributed by atoms with E-state index in [1.165, 1.54) is 5.32 Å². The average Bonchev–Trinajstić information content (AvgIpc) is 3.21. The summed E-state index contributed by atoms with van der Waals surface area (Å²) >= 11 is 0. The molecular weight excluding hydrogens is 783 g/mol. The van der Waals surface area contributed by atoms with Gasteiger partial charge in [0.2, 0.25) is 0 Å². The number of hydrogen-bond donors (Lipinski definition) is 10. The number of benzene rings is 2. The van der Waals surface area contributed by atoms with Crippen LogP contribution in [-0.2, 0) is 46.4 Å². The van der Waals surface area contributed by atoms with Gasteiger partial charge in [-0.2, -0.15) is 13.2 Å². The number of aliphatic hydroxyl groups is 5. The Balaban J connectivity index is 1.29. The van der Waals surface area contributed by atoms with Crippen molar-refractivity contribution in [1.82, 2.24) is 16.0 Å². The Bertz CT molecular complexity index is 1640. The first-order chi connectivity index (χ1) is 27.6. The number of aliphatic hydroxyl groups excluding tert-OH is 5. The molecule has 2 aliphatic heterocycles. The first-order valence-electron chi connectivity index (χ1n) is 18.3. The number of rotatable bonds is 13. The molecule has 3 aliphatic rings. The number of nitrogens with one attached hydrogen (secondary N) is 3. The molecule has 1 saturated carbocycles. The lowest BCUT2D eigenvalue weighted by Crippen LogP contribution is -2.73. The highest BCUT2D eigenvalue weighted by molar-refractivity contribution is 5.82. The molecule has 2 saturated heterocycles. The summed E-state index contributed by atoms with van der Waals surface area (Å²) in [6.07, 6.45) is -23.8. The van der Waals surface area contributed by atoms with E-state index >= 15 is 0 Å². The van der Waals surface area contributed by atoms with Crippen LogP contribution >= 0.6 is 0 Å². The molecule has 3 amide bonds. The van der Waals surface area contributed by atoms with Gasteiger partial charge in [-0.3, -0.25) is 4.79 Å². The Kier molecular flexibility index (Phi) is 15.6. The van der Waals surface area contributed by atoms with E-state index in [0.29, 0.717) is 5.56 Å². The molecule has 3 fully saturated rings. The number of nitrogens with two attached hydrogens (primary N) is 2. The van der Waals surface area contributed by atoms with Crippen molar-refractivity contribution >= 4 is 18.1 Å². The first kappa shape index (κ1) is 44.9. The molecular formula is C36H48F3N5O14. The van der Waals surface area contributed by atoms with E-state index in [2.05, 4.69) is 10.6 Å². The van der Waals surface area contributed by atoms with E-state index < -0.39 is 116 Å². The van der Waals surface area contributed by atoms with Crippen LogP contribution in [0.15, 0.2) is 60.7 Å². The predicted octanol–water partition coefficient (Wildman–Crippen LogP) is -1.64. The topological polar surface area (TPSA) is 296 Å². The smallest absolute Gasteiger partial charge is 0.445 e. The molecule has 58 heavy (non-hydrogen) atoms. The number of halogens is 3. The fraction of sp³-hybridized carbons (Fsp3) is 0.583. The minimum atomic E-state index is -5.41. The van der Waals surface area contributed by atoms with E-state index in [-0.39, 0.29) is 32.6 Å². The lowest BCUT2D eigenvalue weighted by Gasteiger charge is -2.49. The second-order valence-corrected chi connectivity index (χ2v) is 14.0.